The highest BCUT2D eigenvalue weighted by Crippen LogP contribution is 2.33. The number of hydrogen-bond donors (Lipinski definition) is 2. The number of rotatable bonds is 2. The molecule has 0 saturated heterocycles. The predicted molar refractivity (Wildman–Crippen MR) is 104 cm³/mol. The van der Waals surface area contributed by atoms with Gasteiger partial charge >= 0.3 is 5.97 Å². The van der Waals surface area contributed by atoms with E-state index >= 15 is 0 Å². The van der Waals surface area contributed by atoms with Gasteiger partial charge in [0, 0.05) is 5.70 Å². The van der Waals surface area contributed by atoms with E-state index in [2.05, 4.69) is 28.8 Å². The molecule has 0 aromatic heterocycles. The zero-order valence-electron chi connectivity index (χ0n) is 14.8. The Hall–Kier alpha value is -2.40. The molecule has 0 fully saturated rings. The van der Waals surface area contributed by atoms with E-state index in [0.29, 0.717) is 10.7 Å². The van der Waals surface area contributed by atoms with E-state index in [0.717, 1.165) is 22.0 Å². The Kier molecular flexibility index (Phi) is 4.52. The summed E-state index contributed by atoms with van der Waals surface area (Å²) in [6.45, 7) is 7.44. The lowest BCUT2D eigenvalue weighted by molar-refractivity contribution is -0.150. The second-order valence-electron chi connectivity index (χ2n) is 7.14. The minimum Gasteiger partial charge on any atom is -0.456 e. The van der Waals surface area contributed by atoms with Crippen molar-refractivity contribution in [3.05, 3.63) is 59.3 Å². The molecule has 0 aliphatic carbocycles. The molecule has 0 bridgehead atoms. The minimum atomic E-state index is -0.564. The molecule has 0 amide bonds. The monoisotopic (exact) mass is 354 g/mol. The highest BCUT2D eigenvalue weighted by atomic mass is 32.1. The average molecular weight is 354 g/mol. The van der Waals surface area contributed by atoms with Crippen LogP contribution >= 0.6 is 12.2 Å². The Morgan fingerprint density at radius 2 is 1.80 bits per heavy atom. The molecule has 1 aliphatic rings. The summed E-state index contributed by atoms with van der Waals surface area (Å²) in [5, 5.41) is 8.98. The molecule has 2 aromatic carbocycles. The minimum absolute atomic E-state index is 0.342. The average Bonchev–Trinajstić information content (AvgIpc) is 2.51. The summed E-state index contributed by atoms with van der Waals surface area (Å²) in [5.41, 5.74) is 1.71. The first kappa shape index (κ1) is 17.4. The van der Waals surface area contributed by atoms with Gasteiger partial charge in [0.15, 0.2) is 5.11 Å². The molecule has 5 heteroatoms. The topological polar surface area (TPSA) is 50.4 Å². The van der Waals surface area contributed by atoms with Crippen molar-refractivity contribution < 1.29 is 9.53 Å². The molecule has 25 heavy (non-hydrogen) atoms. The van der Waals surface area contributed by atoms with Gasteiger partial charge in [-0.25, -0.2) is 4.79 Å². The van der Waals surface area contributed by atoms with Crippen LogP contribution < -0.4 is 10.6 Å². The molecule has 1 heterocycles. The van der Waals surface area contributed by atoms with Crippen LogP contribution in [0.2, 0.25) is 0 Å². The third kappa shape index (κ3) is 3.66. The number of carbonyl (C=O) groups is 1. The second-order valence-corrected chi connectivity index (χ2v) is 7.55. The van der Waals surface area contributed by atoms with E-state index in [1.54, 1.807) is 0 Å². The third-order valence-corrected chi connectivity index (χ3v) is 4.24. The summed E-state index contributed by atoms with van der Waals surface area (Å²) >= 11 is 5.32. The SMILES string of the molecule is CC1=C(C(=O)OC(C)(C)C)C(c2cccc3ccccc23)NC(=S)N1. The van der Waals surface area contributed by atoms with Gasteiger partial charge in [0.05, 0.1) is 11.6 Å². The van der Waals surface area contributed by atoms with Gasteiger partial charge in [-0.1, -0.05) is 42.5 Å². The predicted octanol–water partition coefficient (Wildman–Crippen LogP) is 3.97. The number of thiocarbonyl (C=S) groups is 1. The standard InChI is InChI=1S/C20H22N2O2S/c1-12-16(18(23)24-20(2,3)4)17(22-19(25)21-12)15-11-7-9-13-8-5-6-10-14(13)15/h5-11,17H,1-4H3,(H2,21,22,25). The fraction of sp³-hybridized carbons (Fsp3) is 0.300. The van der Waals surface area contributed by atoms with Crippen LogP contribution in [-0.4, -0.2) is 16.7 Å². The van der Waals surface area contributed by atoms with Gasteiger partial charge in [0.25, 0.3) is 0 Å². The van der Waals surface area contributed by atoms with Crippen LogP contribution in [0.4, 0.5) is 0 Å². The number of ether oxygens (including phenoxy) is 1. The molecule has 130 valence electrons. The van der Waals surface area contributed by atoms with E-state index < -0.39 is 5.60 Å². The number of benzene rings is 2. The van der Waals surface area contributed by atoms with Crippen LogP contribution in [0.5, 0.6) is 0 Å². The van der Waals surface area contributed by atoms with Crippen LogP contribution in [0.3, 0.4) is 0 Å². The summed E-state index contributed by atoms with van der Waals surface area (Å²) in [7, 11) is 0. The molecule has 1 aliphatic heterocycles. The lowest BCUT2D eigenvalue weighted by atomic mass is 9.91. The van der Waals surface area contributed by atoms with Crippen molar-refractivity contribution in [3.63, 3.8) is 0 Å². The van der Waals surface area contributed by atoms with Crippen molar-refractivity contribution >= 4 is 34.1 Å². The Morgan fingerprint density at radius 1 is 1.12 bits per heavy atom. The Morgan fingerprint density at radius 3 is 2.52 bits per heavy atom. The molecule has 1 atom stereocenters. The first-order chi connectivity index (χ1) is 11.8. The number of allylic oxidation sites excluding steroid dienone is 1. The number of carbonyl (C=O) groups excluding carboxylic acids is 1. The van der Waals surface area contributed by atoms with Gasteiger partial charge in [0.1, 0.15) is 5.60 Å². The number of nitrogens with one attached hydrogen (secondary N) is 2. The molecule has 2 aromatic rings. The van der Waals surface area contributed by atoms with Gasteiger partial charge in [-0.3, -0.25) is 0 Å². The molecule has 2 N–H and O–H groups in total. The lowest BCUT2D eigenvalue weighted by Crippen LogP contribution is -2.45. The second kappa shape index (κ2) is 6.48. The summed E-state index contributed by atoms with van der Waals surface area (Å²) in [5.74, 6) is -0.342. The van der Waals surface area contributed by atoms with E-state index in [-0.39, 0.29) is 12.0 Å². The molecule has 1 unspecified atom stereocenters. The van der Waals surface area contributed by atoms with Crippen molar-refractivity contribution in [3.8, 4) is 0 Å². The number of fused-ring (bicyclic) bond motifs is 1. The van der Waals surface area contributed by atoms with Gasteiger partial charge in [-0.2, -0.15) is 0 Å². The van der Waals surface area contributed by atoms with Crippen molar-refractivity contribution in [2.45, 2.75) is 39.3 Å². The summed E-state index contributed by atoms with van der Waals surface area (Å²) in [6, 6.07) is 13.8. The Bertz CT molecular complexity index is 875. The van der Waals surface area contributed by atoms with E-state index in [1.807, 2.05) is 52.0 Å². The smallest absolute Gasteiger partial charge is 0.338 e. The van der Waals surface area contributed by atoms with Gasteiger partial charge in [-0.15, -0.1) is 0 Å². The van der Waals surface area contributed by atoms with Crippen LogP contribution in [0.15, 0.2) is 53.7 Å². The molecular weight excluding hydrogens is 332 g/mol. The van der Waals surface area contributed by atoms with Crippen LogP contribution in [0, 0.1) is 0 Å². The molecule has 3 rings (SSSR count). The summed E-state index contributed by atoms with van der Waals surface area (Å²) in [4.78, 5) is 12.8. The summed E-state index contributed by atoms with van der Waals surface area (Å²) < 4.78 is 5.63. The highest BCUT2D eigenvalue weighted by Gasteiger charge is 2.33. The lowest BCUT2D eigenvalue weighted by Gasteiger charge is -2.32. The van der Waals surface area contributed by atoms with Crippen LogP contribution in [0.1, 0.15) is 39.3 Å². The molecule has 0 spiro atoms. The van der Waals surface area contributed by atoms with E-state index in [4.69, 9.17) is 17.0 Å². The first-order valence-corrected chi connectivity index (χ1v) is 8.66. The third-order valence-electron chi connectivity index (χ3n) is 4.02. The molecule has 4 nitrogen and oxygen atoms in total. The maximum Gasteiger partial charge on any atom is 0.338 e. The van der Waals surface area contributed by atoms with Crippen molar-refractivity contribution in [2.75, 3.05) is 0 Å². The molecular formula is C20H22N2O2S. The van der Waals surface area contributed by atoms with Gasteiger partial charge in [-0.05, 0) is 56.2 Å². The molecule has 0 radical (unpaired) electrons. The largest absolute Gasteiger partial charge is 0.456 e. The number of hydrogen-bond acceptors (Lipinski definition) is 3. The zero-order valence-corrected chi connectivity index (χ0v) is 15.7. The van der Waals surface area contributed by atoms with Gasteiger partial charge in [0.2, 0.25) is 0 Å². The van der Waals surface area contributed by atoms with Crippen molar-refractivity contribution in [1.29, 1.82) is 0 Å². The highest BCUT2D eigenvalue weighted by molar-refractivity contribution is 7.80. The maximum atomic E-state index is 12.8. The van der Waals surface area contributed by atoms with Crippen LogP contribution in [-0.2, 0) is 9.53 Å². The normalized spacial score (nSPS) is 17.9. The van der Waals surface area contributed by atoms with E-state index in [9.17, 15) is 4.79 Å². The number of esters is 1. The fourth-order valence-corrected chi connectivity index (χ4v) is 3.30. The van der Waals surface area contributed by atoms with Gasteiger partial charge < -0.3 is 15.4 Å². The van der Waals surface area contributed by atoms with Crippen LogP contribution in [0.25, 0.3) is 10.8 Å². The van der Waals surface area contributed by atoms with Crippen molar-refractivity contribution in [2.24, 2.45) is 0 Å². The Labute approximate surface area is 153 Å². The Balaban J connectivity index is 2.12. The summed E-state index contributed by atoms with van der Waals surface area (Å²) in [6.07, 6.45) is 0. The first-order valence-electron chi connectivity index (χ1n) is 8.25. The fourth-order valence-electron chi connectivity index (χ4n) is 3.03. The van der Waals surface area contributed by atoms with Crippen molar-refractivity contribution in [1.82, 2.24) is 10.6 Å². The van der Waals surface area contributed by atoms with E-state index in [1.165, 1.54) is 0 Å². The maximum absolute atomic E-state index is 12.8. The zero-order chi connectivity index (χ0) is 18.2. The molecule has 0 saturated carbocycles. The quantitative estimate of drug-likeness (QED) is 0.631.